The van der Waals surface area contributed by atoms with Crippen LogP contribution in [0.4, 0.5) is 0 Å². The molecular formula is C13H13ClN2O. The average Bonchev–Trinajstić information content (AvgIpc) is 2.38. The molecule has 0 radical (unpaired) electrons. The fraction of sp³-hybridized carbons (Fsp3) is 0.154. The first-order chi connectivity index (χ1) is 8.29. The van der Waals surface area contributed by atoms with Crippen LogP contribution in [0.2, 0.25) is 5.02 Å². The maximum atomic E-state index is 6.04. The molecule has 0 spiro atoms. The van der Waals surface area contributed by atoms with Gasteiger partial charge in [-0.15, -0.1) is 0 Å². The summed E-state index contributed by atoms with van der Waals surface area (Å²) in [4.78, 5) is 4.17. The molecule has 2 aromatic rings. The van der Waals surface area contributed by atoms with Crippen molar-refractivity contribution >= 4 is 11.6 Å². The Morgan fingerprint density at radius 3 is 2.76 bits per heavy atom. The highest BCUT2D eigenvalue weighted by Crippen LogP contribution is 2.22. The molecule has 0 atom stereocenters. The highest BCUT2D eigenvalue weighted by molar-refractivity contribution is 6.31. The zero-order valence-electron chi connectivity index (χ0n) is 9.27. The number of hydrogen-bond acceptors (Lipinski definition) is 3. The Kier molecular flexibility index (Phi) is 3.96. The smallest absolute Gasteiger partial charge is 0.130 e. The van der Waals surface area contributed by atoms with E-state index < -0.39 is 0 Å². The van der Waals surface area contributed by atoms with Gasteiger partial charge in [0.2, 0.25) is 0 Å². The van der Waals surface area contributed by atoms with Crippen LogP contribution in [0, 0.1) is 0 Å². The third-order valence-corrected chi connectivity index (χ3v) is 2.71. The topological polar surface area (TPSA) is 48.1 Å². The number of nitrogens with two attached hydrogens (primary N) is 1. The minimum atomic E-state index is 0.430. The lowest BCUT2D eigenvalue weighted by molar-refractivity contribution is 0.301. The van der Waals surface area contributed by atoms with Crippen LogP contribution in [-0.2, 0) is 13.2 Å². The molecule has 0 fully saturated rings. The lowest BCUT2D eigenvalue weighted by Crippen LogP contribution is -2.00. The van der Waals surface area contributed by atoms with Crippen LogP contribution in [0.5, 0.6) is 5.75 Å². The Labute approximate surface area is 105 Å². The molecular weight excluding hydrogens is 236 g/mol. The zero-order chi connectivity index (χ0) is 12.1. The van der Waals surface area contributed by atoms with Crippen molar-refractivity contribution in [1.82, 2.24) is 4.98 Å². The van der Waals surface area contributed by atoms with Gasteiger partial charge in [-0.1, -0.05) is 23.7 Å². The highest BCUT2D eigenvalue weighted by Gasteiger charge is 2.01. The fourth-order valence-electron chi connectivity index (χ4n) is 1.42. The van der Waals surface area contributed by atoms with E-state index in [0.29, 0.717) is 18.2 Å². The van der Waals surface area contributed by atoms with E-state index >= 15 is 0 Å². The third kappa shape index (κ3) is 3.19. The van der Waals surface area contributed by atoms with Gasteiger partial charge < -0.3 is 10.5 Å². The number of rotatable bonds is 4. The van der Waals surface area contributed by atoms with Crippen LogP contribution in [0.15, 0.2) is 42.6 Å². The Morgan fingerprint density at radius 2 is 2.12 bits per heavy atom. The van der Waals surface area contributed by atoms with Crippen molar-refractivity contribution in [2.75, 3.05) is 0 Å². The molecule has 1 aromatic heterocycles. The molecule has 2 rings (SSSR count). The summed E-state index contributed by atoms with van der Waals surface area (Å²) in [5, 5.41) is 0.631. The summed E-state index contributed by atoms with van der Waals surface area (Å²) >= 11 is 6.04. The van der Waals surface area contributed by atoms with Gasteiger partial charge in [-0.3, -0.25) is 4.98 Å². The van der Waals surface area contributed by atoms with Crippen LogP contribution in [-0.4, -0.2) is 4.98 Å². The Morgan fingerprint density at radius 1 is 1.24 bits per heavy atom. The fourth-order valence-corrected chi connectivity index (χ4v) is 1.67. The molecule has 0 aliphatic carbocycles. The molecule has 3 nitrogen and oxygen atoms in total. The molecule has 1 aromatic carbocycles. The van der Waals surface area contributed by atoms with Gasteiger partial charge in [-0.05, 0) is 29.8 Å². The molecule has 0 bridgehead atoms. The minimum Gasteiger partial charge on any atom is -0.487 e. The van der Waals surface area contributed by atoms with Crippen molar-refractivity contribution in [3.63, 3.8) is 0 Å². The number of nitrogens with zero attached hydrogens (tertiary/aromatic N) is 1. The molecule has 4 heteroatoms. The number of ether oxygens (including phenoxy) is 1. The maximum absolute atomic E-state index is 6.04. The molecule has 0 amide bonds. The summed E-state index contributed by atoms with van der Waals surface area (Å²) in [7, 11) is 0. The van der Waals surface area contributed by atoms with Crippen LogP contribution < -0.4 is 10.5 Å². The van der Waals surface area contributed by atoms with Gasteiger partial charge in [0.25, 0.3) is 0 Å². The summed E-state index contributed by atoms with van der Waals surface area (Å²) < 4.78 is 5.58. The SMILES string of the molecule is NCc1ccc(OCc2ccccn2)cc1Cl. The summed E-state index contributed by atoms with van der Waals surface area (Å²) in [6, 6.07) is 11.2. The maximum Gasteiger partial charge on any atom is 0.130 e. The van der Waals surface area contributed by atoms with Gasteiger partial charge in [-0.2, -0.15) is 0 Å². The first kappa shape index (κ1) is 11.9. The lowest BCUT2D eigenvalue weighted by atomic mass is 10.2. The van der Waals surface area contributed by atoms with E-state index in [1.54, 1.807) is 12.3 Å². The molecule has 0 saturated heterocycles. The van der Waals surface area contributed by atoms with Crippen molar-refractivity contribution in [2.24, 2.45) is 5.73 Å². The molecule has 2 N–H and O–H groups in total. The van der Waals surface area contributed by atoms with Crippen LogP contribution >= 0.6 is 11.6 Å². The Balaban J connectivity index is 2.02. The second-order valence-electron chi connectivity index (χ2n) is 3.57. The minimum absolute atomic E-state index is 0.430. The van der Waals surface area contributed by atoms with Gasteiger partial charge in [0.05, 0.1) is 5.69 Å². The zero-order valence-corrected chi connectivity index (χ0v) is 10.0. The monoisotopic (exact) mass is 248 g/mol. The van der Waals surface area contributed by atoms with E-state index in [9.17, 15) is 0 Å². The van der Waals surface area contributed by atoms with E-state index in [0.717, 1.165) is 17.0 Å². The third-order valence-electron chi connectivity index (χ3n) is 2.36. The lowest BCUT2D eigenvalue weighted by Gasteiger charge is -2.07. The summed E-state index contributed by atoms with van der Waals surface area (Å²) in [6.07, 6.45) is 1.74. The van der Waals surface area contributed by atoms with E-state index in [1.165, 1.54) is 0 Å². The van der Waals surface area contributed by atoms with Crippen molar-refractivity contribution < 1.29 is 4.74 Å². The number of benzene rings is 1. The predicted octanol–water partition coefficient (Wildman–Crippen LogP) is 2.77. The number of halogens is 1. The second kappa shape index (κ2) is 5.66. The molecule has 88 valence electrons. The normalized spacial score (nSPS) is 10.2. The van der Waals surface area contributed by atoms with E-state index in [1.807, 2.05) is 30.3 Å². The summed E-state index contributed by atoms with van der Waals surface area (Å²) in [5.41, 5.74) is 7.33. The van der Waals surface area contributed by atoms with Crippen LogP contribution in [0.3, 0.4) is 0 Å². The number of pyridine rings is 1. The number of hydrogen-bond donors (Lipinski definition) is 1. The molecule has 0 saturated carbocycles. The largest absolute Gasteiger partial charge is 0.487 e. The Bertz CT molecular complexity index is 488. The van der Waals surface area contributed by atoms with Gasteiger partial charge in [0.1, 0.15) is 12.4 Å². The average molecular weight is 249 g/mol. The molecule has 0 aliphatic heterocycles. The van der Waals surface area contributed by atoms with Crippen molar-refractivity contribution in [3.8, 4) is 5.75 Å². The first-order valence-corrected chi connectivity index (χ1v) is 5.68. The number of aromatic nitrogens is 1. The Hall–Kier alpha value is -1.58. The second-order valence-corrected chi connectivity index (χ2v) is 3.97. The highest BCUT2D eigenvalue weighted by atomic mass is 35.5. The van der Waals surface area contributed by atoms with Crippen LogP contribution in [0.1, 0.15) is 11.3 Å². The standard InChI is InChI=1S/C13H13ClN2O/c14-13-7-12(5-4-10(13)8-15)17-9-11-3-1-2-6-16-11/h1-7H,8-9,15H2. The van der Waals surface area contributed by atoms with Gasteiger partial charge in [-0.25, -0.2) is 0 Å². The van der Waals surface area contributed by atoms with Gasteiger partial charge in [0, 0.05) is 17.8 Å². The van der Waals surface area contributed by atoms with Crippen molar-refractivity contribution in [3.05, 3.63) is 58.9 Å². The molecule has 17 heavy (non-hydrogen) atoms. The molecule has 0 aliphatic rings. The first-order valence-electron chi connectivity index (χ1n) is 5.31. The summed E-state index contributed by atoms with van der Waals surface area (Å²) in [6.45, 7) is 0.860. The van der Waals surface area contributed by atoms with Crippen LogP contribution in [0.25, 0.3) is 0 Å². The van der Waals surface area contributed by atoms with Gasteiger partial charge >= 0.3 is 0 Å². The van der Waals surface area contributed by atoms with E-state index in [-0.39, 0.29) is 0 Å². The van der Waals surface area contributed by atoms with Crippen molar-refractivity contribution in [1.29, 1.82) is 0 Å². The quantitative estimate of drug-likeness (QED) is 0.905. The van der Waals surface area contributed by atoms with Crippen molar-refractivity contribution in [2.45, 2.75) is 13.2 Å². The van der Waals surface area contributed by atoms with Gasteiger partial charge in [0.15, 0.2) is 0 Å². The predicted molar refractivity (Wildman–Crippen MR) is 67.9 cm³/mol. The van der Waals surface area contributed by atoms with E-state index in [2.05, 4.69) is 4.98 Å². The summed E-state index contributed by atoms with van der Waals surface area (Å²) in [5.74, 6) is 0.720. The molecule has 1 heterocycles. The molecule has 0 unspecified atom stereocenters. The van der Waals surface area contributed by atoms with E-state index in [4.69, 9.17) is 22.1 Å².